The van der Waals surface area contributed by atoms with Gasteiger partial charge < -0.3 is 10.4 Å². The van der Waals surface area contributed by atoms with Crippen molar-refractivity contribution in [3.8, 4) is 0 Å². The van der Waals surface area contributed by atoms with E-state index in [1.807, 2.05) is 6.92 Å². The molecule has 0 aromatic heterocycles. The third-order valence-electron chi connectivity index (χ3n) is 5.18. The molecule has 2 fully saturated rings. The van der Waals surface area contributed by atoms with E-state index in [-0.39, 0.29) is 24.6 Å². The molecule has 2 heterocycles. The quantitative estimate of drug-likeness (QED) is 0.137. The van der Waals surface area contributed by atoms with E-state index in [0.717, 1.165) is 38.9 Å². The number of carbonyl (C=O) groups is 2. The lowest BCUT2D eigenvalue weighted by Crippen LogP contribution is -2.50. The maximum absolute atomic E-state index is 12.3. The number of carboxylic acids is 1. The summed E-state index contributed by atoms with van der Waals surface area (Å²) >= 11 is 0. The first-order valence-corrected chi connectivity index (χ1v) is 12.6. The minimum absolute atomic E-state index is 0.0429. The summed E-state index contributed by atoms with van der Waals surface area (Å²) in [5.41, 5.74) is 2.86. The van der Waals surface area contributed by atoms with E-state index in [1.54, 1.807) is 0 Å². The van der Waals surface area contributed by atoms with Crippen LogP contribution in [0, 0.1) is 0 Å². The minimum Gasteiger partial charge on any atom is -0.480 e. The fourth-order valence-corrected chi connectivity index (χ4v) is 4.79. The molecule has 0 radical (unpaired) electrons. The van der Waals surface area contributed by atoms with Gasteiger partial charge in [0, 0.05) is 32.1 Å². The van der Waals surface area contributed by atoms with Crippen molar-refractivity contribution in [2.24, 2.45) is 0 Å². The van der Waals surface area contributed by atoms with E-state index in [1.165, 1.54) is 0 Å². The topological polar surface area (TPSA) is 170 Å². The van der Waals surface area contributed by atoms with Crippen LogP contribution in [-0.2, 0) is 24.4 Å². The number of amides is 1. The highest BCUT2D eigenvalue weighted by molar-refractivity contribution is 7.89. The van der Waals surface area contributed by atoms with Crippen molar-refractivity contribution >= 4 is 21.9 Å². The average Bonchev–Trinajstić information content (AvgIpc) is 3.41. The molecule has 2 aliphatic heterocycles. The molecule has 0 aliphatic carbocycles. The van der Waals surface area contributed by atoms with Crippen molar-refractivity contribution < 1.29 is 28.0 Å². The molecular formula is C18H36N6O6S. The standard InChI is InChI=1S/C18H36N6O6S/c1-2-3-10-31(28,29)24-14(17(26)27)12-22-16(25)15-11-13(23-30-15)6-4-5-7-19-18-20-8-9-21-18/h13-15,18-21,23-24H,2-12H2,1H3,(H,22,25)(H,26,27). The van der Waals surface area contributed by atoms with Gasteiger partial charge in [-0.1, -0.05) is 19.8 Å². The van der Waals surface area contributed by atoms with Crippen molar-refractivity contribution in [2.75, 3.05) is 31.9 Å². The van der Waals surface area contributed by atoms with Crippen molar-refractivity contribution in [3.63, 3.8) is 0 Å². The Balaban J connectivity index is 1.64. The van der Waals surface area contributed by atoms with Crippen molar-refractivity contribution in [2.45, 2.75) is 69.9 Å². The Hall–Kier alpha value is -1.35. The number of hydrogen-bond acceptors (Lipinski definition) is 9. The zero-order chi connectivity index (χ0) is 22.7. The van der Waals surface area contributed by atoms with Crippen LogP contribution < -0.4 is 31.5 Å². The Bertz CT molecular complexity index is 672. The molecular weight excluding hydrogens is 428 g/mol. The lowest BCUT2D eigenvalue weighted by Gasteiger charge is -2.16. The van der Waals surface area contributed by atoms with Crippen LogP contribution in [0.2, 0.25) is 0 Å². The lowest BCUT2D eigenvalue weighted by molar-refractivity contribution is -0.139. The summed E-state index contributed by atoms with van der Waals surface area (Å²) in [5, 5.41) is 21.7. The number of rotatable bonds is 15. The van der Waals surface area contributed by atoms with Gasteiger partial charge in [-0.05, 0) is 25.8 Å². The monoisotopic (exact) mass is 464 g/mol. The lowest BCUT2D eigenvalue weighted by atomic mass is 10.0. The zero-order valence-electron chi connectivity index (χ0n) is 18.0. The molecule has 13 heteroatoms. The van der Waals surface area contributed by atoms with Crippen LogP contribution in [0.15, 0.2) is 0 Å². The molecule has 12 nitrogen and oxygen atoms in total. The van der Waals surface area contributed by atoms with Gasteiger partial charge in [-0.2, -0.15) is 10.2 Å². The van der Waals surface area contributed by atoms with Crippen LogP contribution in [-0.4, -0.2) is 81.8 Å². The number of carboxylic acid groups (broad SMARTS) is 1. The third kappa shape index (κ3) is 9.76. The largest absolute Gasteiger partial charge is 0.480 e. The number of hydroxylamine groups is 1. The van der Waals surface area contributed by atoms with Crippen molar-refractivity contribution in [3.05, 3.63) is 0 Å². The Morgan fingerprint density at radius 2 is 1.94 bits per heavy atom. The summed E-state index contributed by atoms with van der Waals surface area (Å²) < 4.78 is 26.0. The van der Waals surface area contributed by atoms with E-state index in [4.69, 9.17) is 4.84 Å². The molecule has 1 amide bonds. The zero-order valence-corrected chi connectivity index (χ0v) is 18.8. The van der Waals surface area contributed by atoms with Gasteiger partial charge in [-0.25, -0.2) is 8.42 Å². The van der Waals surface area contributed by atoms with Gasteiger partial charge >= 0.3 is 5.97 Å². The van der Waals surface area contributed by atoms with Gasteiger partial charge in [0.15, 0.2) is 6.10 Å². The van der Waals surface area contributed by atoms with E-state index >= 15 is 0 Å². The van der Waals surface area contributed by atoms with Crippen LogP contribution in [0.1, 0.15) is 45.4 Å². The molecule has 0 spiro atoms. The van der Waals surface area contributed by atoms with E-state index in [2.05, 4.69) is 31.5 Å². The maximum Gasteiger partial charge on any atom is 0.323 e. The second-order valence-electron chi connectivity index (χ2n) is 7.87. The predicted molar refractivity (Wildman–Crippen MR) is 114 cm³/mol. The van der Waals surface area contributed by atoms with Gasteiger partial charge in [0.25, 0.3) is 5.91 Å². The summed E-state index contributed by atoms with van der Waals surface area (Å²) in [4.78, 5) is 29.0. The maximum atomic E-state index is 12.3. The summed E-state index contributed by atoms with van der Waals surface area (Å²) in [6.45, 7) is 4.30. The normalized spacial score (nSPS) is 23.1. The van der Waals surface area contributed by atoms with Crippen LogP contribution in [0.5, 0.6) is 0 Å². The second kappa shape index (κ2) is 13.3. The molecule has 0 saturated carbocycles. The molecule has 2 saturated heterocycles. The van der Waals surface area contributed by atoms with Crippen LogP contribution in [0.4, 0.5) is 0 Å². The van der Waals surface area contributed by atoms with E-state index < -0.39 is 34.0 Å². The first-order valence-electron chi connectivity index (χ1n) is 10.9. The summed E-state index contributed by atoms with van der Waals surface area (Å²) in [6, 6.07) is -1.38. The summed E-state index contributed by atoms with van der Waals surface area (Å²) in [6.07, 6.45) is 3.84. The van der Waals surface area contributed by atoms with Gasteiger partial charge in [-0.15, -0.1) is 0 Å². The highest BCUT2D eigenvalue weighted by Gasteiger charge is 2.32. The Morgan fingerprint density at radius 3 is 2.61 bits per heavy atom. The van der Waals surface area contributed by atoms with Crippen LogP contribution in [0.3, 0.4) is 0 Å². The summed E-state index contributed by atoms with van der Waals surface area (Å²) in [7, 11) is -3.72. The SMILES string of the molecule is CCCCS(=O)(=O)NC(CNC(=O)C1CC(CCCCNC2NCCN2)NO1)C(=O)O. The number of aliphatic carboxylic acids is 1. The molecule has 2 aliphatic rings. The minimum atomic E-state index is -3.72. The first kappa shape index (κ1) is 25.9. The second-order valence-corrected chi connectivity index (χ2v) is 9.75. The highest BCUT2D eigenvalue weighted by atomic mass is 32.2. The number of carbonyl (C=O) groups excluding carboxylic acids is 1. The van der Waals surface area contributed by atoms with Gasteiger partial charge in [0.05, 0.1) is 5.75 Å². The molecule has 31 heavy (non-hydrogen) atoms. The fraction of sp³-hybridized carbons (Fsp3) is 0.889. The molecule has 7 N–H and O–H groups in total. The molecule has 2 rings (SSSR count). The van der Waals surface area contributed by atoms with E-state index in [9.17, 15) is 23.1 Å². The van der Waals surface area contributed by atoms with Gasteiger partial charge in [-0.3, -0.25) is 30.4 Å². The summed E-state index contributed by atoms with van der Waals surface area (Å²) in [5.74, 6) is -1.96. The number of nitrogens with one attached hydrogen (secondary N) is 6. The predicted octanol–water partition coefficient (Wildman–Crippen LogP) is -1.83. The van der Waals surface area contributed by atoms with Gasteiger partial charge in [0.1, 0.15) is 12.3 Å². The van der Waals surface area contributed by atoms with Gasteiger partial charge in [0.2, 0.25) is 10.0 Å². The Kier molecular flexibility index (Phi) is 11.1. The molecule has 0 bridgehead atoms. The van der Waals surface area contributed by atoms with E-state index in [0.29, 0.717) is 19.3 Å². The Morgan fingerprint density at radius 1 is 1.19 bits per heavy atom. The molecule has 3 unspecified atom stereocenters. The molecule has 180 valence electrons. The van der Waals surface area contributed by atoms with Crippen molar-refractivity contribution in [1.82, 2.24) is 31.5 Å². The Labute approximate surface area is 183 Å². The first-order chi connectivity index (χ1) is 14.8. The fourth-order valence-electron chi connectivity index (χ4n) is 3.39. The number of unbranched alkanes of at least 4 members (excludes halogenated alkanes) is 2. The number of hydrogen-bond donors (Lipinski definition) is 7. The molecule has 0 aromatic rings. The van der Waals surface area contributed by atoms with Crippen LogP contribution in [0.25, 0.3) is 0 Å². The van der Waals surface area contributed by atoms with Crippen molar-refractivity contribution in [1.29, 1.82) is 0 Å². The smallest absolute Gasteiger partial charge is 0.323 e. The number of sulfonamides is 1. The molecule has 0 aromatic carbocycles. The van der Waals surface area contributed by atoms with Crippen LogP contribution >= 0.6 is 0 Å². The average molecular weight is 465 g/mol. The molecule has 3 atom stereocenters. The highest BCUT2D eigenvalue weighted by Crippen LogP contribution is 2.16. The third-order valence-corrected chi connectivity index (χ3v) is 6.65.